The third-order valence-electron chi connectivity index (χ3n) is 4.69. The van der Waals surface area contributed by atoms with Crippen LogP contribution in [0.4, 0.5) is 0 Å². The summed E-state index contributed by atoms with van der Waals surface area (Å²) in [5.74, 6) is -0.133. The van der Waals surface area contributed by atoms with Crippen molar-refractivity contribution in [3.8, 4) is 0 Å². The minimum Gasteiger partial charge on any atom is -0.358 e. The summed E-state index contributed by atoms with van der Waals surface area (Å²) >= 11 is 1.42. The molecule has 8 nitrogen and oxygen atoms in total. The Morgan fingerprint density at radius 2 is 2.19 bits per heavy atom. The van der Waals surface area contributed by atoms with E-state index in [1.165, 1.54) is 11.3 Å². The highest BCUT2D eigenvalue weighted by molar-refractivity contribution is 7.12. The Hall–Kier alpha value is -2.26. The average Bonchev–Trinajstić information content (AvgIpc) is 3.32. The third-order valence-corrected chi connectivity index (χ3v) is 5.70. The van der Waals surface area contributed by atoms with Gasteiger partial charge < -0.3 is 16.0 Å². The van der Waals surface area contributed by atoms with E-state index in [9.17, 15) is 9.59 Å². The van der Waals surface area contributed by atoms with Crippen molar-refractivity contribution in [1.82, 2.24) is 30.9 Å². The van der Waals surface area contributed by atoms with Crippen LogP contribution in [0.1, 0.15) is 47.2 Å². The molecule has 9 heteroatoms. The van der Waals surface area contributed by atoms with Gasteiger partial charge in [0.05, 0.1) is 28.7 Å². The zero-order valence-electron chi connectivity index (χ0n) is 15.4. The maximum atomic E-state index is 12.5. The fraction of sp³-hybridized carbons (Fsp3) is 0.529. The minimum absolute atomic E-state index is 0.0215. The lowest BCUT2D eigenvalue weighted by Crippen LogP contribution is -2.41. The normalized spacial score (nSPS) is 20.2. The first-order valence-electron chi connectivity index (χ1n) is 8.55. The maximum absolute atomic E-state index is 12.5. The van der Waals surface area contributed by atoms with Crippen molar-refractivity contribution < 1.29 is 9.59 Å². The standard InChI is InChI=1S/C17H24N6O2S/c1-10-5-6-26-14(10)16(25)20-17(2,3)13-9-23(22-21-13)11-7-12(19-8-11)15(24)18-4/h5-6,9,11-12,19H,7-8H2,1-4H3,(H,18,24)(H,20,25)/t11-,12+/m1/s1. The summed E-state index contributed by atoms with van der Waals surface area (Å²) in [6.07, 6.45) is 2.50. The van der Waals surface area contributed by atoms with Crippen molar-refractivity contribution in [2.24, 2.45) is 0 Å². The smallest absolute Gasteiger partial charge is 0.262 e. The molecule has 1 aliphatic rings. The van der Waals surface area contributed by atoms with Crippen molar-refractivity contribution in [2.75, 3.05) is 13.6 Å². The second-order valence-corrected chi connectivity index (χ2v) is 7.98. The van der Waals surface area contributed by atoms with E-state index in [2.05, 4.69) is 26.3 Å². The van der Waals surface area contributed by atoms with E-state index in [4.69, 9.17) is 0 Å². The van der Waals surface area contributed by atoms with Gasteiger partial charge in [0.25, 0.3) is 5.91 Å². The van der Waals surface area contributed by atoms with Crippen LogP contribution in [0.2, 0.25) is 0 Å². The molecule has 1 aliphatic heterocycles. The van der Waals surface area contributed by atoms with Gasteiger partial charge in [0.2, 0.25) is 5.91 Å². The summed E-state index contributed by atoms with van der Waals surface area (Å²) in [6, 6.07) is 1.77. The number of thiophene rings is 1. The molecule has 0 bridgehead atoms. The zero-order chi connectivity index (χ0) is 18.9. The second kappa shape index (κ2) is 7.16. The van der Waals surface area contributed by atoms with Gasteiger partial charge >= 0.3 is 0 Å². The van der Waals surface area contributed by atoms with Gasteiger partial charge in [-0.15, -0.1) is 16.4 Å². The SMILES string of the molecule is CNC(=O)[C@@H]1C[C@@H](n2cc(C(C)(C)NC(=O)c3sccc3C)nn2)CN1. The molecule has 2 atom stereocenters. The highest BCUT2D eigenvalue weighted by Crippen LogP contribution is 2.24. The number of likely N-dealkylation sites (N-methyl/N-ethyl adjacent to an activating group) is 1. The van der Waals surface area contributed by atoms with Gasteiger partial charge in [0.1, 0.15) is 5.69 Å². The van der Waals surface area contributed by atoms with E-state index in [1.54, 1.807) is 11.7 Å². The fourth-order valence-corrected chi connectivity index (χ4v) is 3.86. The topological polar surface area (TPSA) is 101 Å². The molecule has 0 aromatic carbocycles. The molecule has 1 saturated heterocycles. The number of aromatic nitrogens is 3. The quantitative estimate of drug-likeness (QED) is 0.722. The molecule has 26 heavy (non-hydrogen) atoms. The zero-order valence-corrected chi connectivity index (χ0v) is 16.2. The molecule has 2 aromatic rings. The second-order valence-electron chi connectivity index (χ2n) is 7.06. The summed E-state index contributed by atoms with van der Waals surface area (Å²) < 4.78 is 1.77. The molecule has 0 unspecified atom stereocenters. The molecule has 0 spiro atoms. The van der Waals surface area contributed by atoms with Crippen LogP contribution in [0.25, 0.3) is 0 Å². The maximum Gasteiger partial charge on any atom is 0.262 e. The van der Waals surface area contributed by atoms with Gasteiger partial charge in [-0.1, -0.05) is 5.21 Å². The van der Waals surface area contributed by atoms with Crippen LogP contribution in [0.5, 0.6) is 0 Å². The number of nitrogens with zero attached hydrogens (tertiary/aromatic N) is 3. The predicted molar refractivity (Wildman–Crippen MR) is 99.1 cm³/mol. The Morgan fingerprint density at radius 3 is 2.85 bits per heavy atom. The summed E-state index contributed by atoms with van der Waals surface area (Å²) in [5, 5.41) is 19.3. The molecule has 0 aliphatic carbocycles. The van der Waals surface area contributed by atoms with E-state index >= 15 is 0 Å². The first-order valence-corrected chi connectivity index (χ1v) is 9.43. The molecular formula is C17H24N6O2S. The fourth-order valence-electron chi connectivity index (χ4n) is 3.04. The summed E-state index contributed by atoms with van der Waals surface area (Å²) in [4.78, 5) is 25.0. The van der Waals surface area contributed by atoms with Gasteiger partial charge in [-0.25, -0.2) is 4.68 Å². The van der Waals surface area contributed by atoms with Crippen molar-refractivity contribution in [3.05, 3.63) is 33.8 Å². The highest BCUT2D eigenvalue weighted by Gasteiger charge is 2.33. The van der Waals surface area contributed by atoms with Crippen LogP contribution in [-0.2, 0) is 10.3 Å². The van der Waals surface area contributed by atoms with Crippen LogP contribution in [0.15, 0.2) is 17.6 Å². The molecule has 3 N–H and O–H groups in total. The molecule has 140 valence electrons. The third kappa shape index (κ3) is 3.63. The van der Waals surface area contributed by atoms with Crippen LogP contribution in [0.3, 0.4) is 0 Å². The summed E-state index contributed by atoms with van der Waals surface area (Å²) in [6.45, 7) is 6.39. The Labute approximate surface area is 156 Å². The Morgan fingerprint density at radius 1 is 1.42 bits per heavy atom. The number of amides is 2. The van der Waals surface area contributed by atoms with E-state index in [-0.39, 0.29) is 23.9 Å². The van der Waals surface area contributed by atoms with Crippen molar-refractivity contribution >= 4 is 23.2 Å². The van der Waals surface area contributed by atoms with Crippen LogP contribution in [0, 0.1) is 6.92 Å². The van der Waals surface area contributed by atoms with E-state index in [0.717, 1.165) is 5.56 Å². The largest absolute Gasteiger partial charge is 0.358 e. The van der Waals surface area contributed by atoms with Crippen molar-refractivity contribution in [1.29, 1.82) is 0 Å². The number of aryl methyl sites for hydroxylation is 1. The molecule has 2 aromatic heterocycles. The number of rotatable bonds is 5. The number of hydrogen-bond donors (Lipinski definition) is 3. The van der Waals surface area contributed by atoms with E-state index in [1.807, 2.05) is 38.4 Å². The molecule has 3 heterocycles. The van der Waals surface area contributed by atoms with E-state index < -0.39 is 5.54 Å². The average molecular weight is 376 g/mol. The van der Waals surface area contributed by atoms with E-state index in [0.29, 0.717) is 23.5 Å². The van der Waals surface area contributed by atoms with Crippen molar-refractivity contribution in [2.45, 2.75) is 44.8 Å². The molecule has 0 radical (unpaired) electrons. The number of carbonyl (C=O) groups excluding carboxylic acids is 2. The van der Waals surface area contributed by atoms with Gasteiger partial charge in [-0.05, 0) is 44.2 Å². The monoisotopic (exact) mass is 376 g/mol. The van der Waals surface area contributed by atoms with Crippen LogP contribution >= 0.6 is 11.3 Å². The van der Waals surface area contributed by atoms with Crippen LogP contribution < -0.4 is 16.0 Å². The Kier molecular flexibility index (Phi) is 5.10. The lowest BCUT2D eigenvalue weighted by atomic mass is 10.0. The molecule has 3 rings (SSSR count). The Balaban J connectivity index is 1.69. The number of nitrogens with one attached hydrogen (secondary N) is 3. The van der Waals surface area contributed by atoms with Gasteiger partial charge in [-0.3, -0.25) is 9.59 Å². The lowest BCUT2D eigenvalue weighted by Gasteiger charge is -2.23. The molecular weight excluding hydrogens is 352 g/mol. The van der Waals surface area contributed by atoms with Gasteiger partial charge in [-0.2, -0.15) is 0 Å². The first-order chi connectivity index (χ1) is 12.3. The van der Waals surface area contributed by atoms with Crippen LogP contribution in [-0.4, -0.2) is 46.4 Å². The highest BCUT2D eigenvalue weighted by atomic mass is 32.1. The first kappa shape index (κ1) is 18.5. The number of carbonyl (C=O) groups is 2. The lowest BCUT2D eigenvalue weighted by molar-refractivity contribution is -0.122. The molecule has 2 amide bonds. The van der Waals surface area contributed by atoms with Crippen molar-refractivity contribution in [3.63, 3.8) is 0 Å². The minimum atomic E-state index is -0.655. The Bertz CT molecular complexity index is 812. The summed E-state index contributed by atoms with van der Waals surface area (Å²) in [5.41, 5.74) is 0.991. The van der Waals surface area contributed by atoms with Gasteiger partial charge in [0, 0.05) is 13.6 Å². The number of hydrogen-bond acceptors (Lipinski definition) is 6. The predicted octanol–water partition coefficient (Wildman–Crippen LogP) is 0.962. The van der Waals surface area contributed by atoms with Gasteiger partial charge in [0.15, 0.2) is 0 Å². The summed E-state index contributed by atoms with van der Waals surface area (Å²) in [7, 11) is 1.63. The molecule has 0 saturated carbocycles. The molecule has 1 fully saturated rings.